The number of nitrogens with zero attached hydrogens (tertiary/aromatic N) is 4. The molecule has 1 aromatic heterocycles. The summed E-state index contributed by atoms with van der Waals surface area (Å²) < 4.78 is 5.70. The zero-order valence-electron chi connectivity index (χ0n) is 16.7. The van der Waals surface area contributed by atoms with Crippen LogP contribution in [0.4, 0.5) is 5.69 Å². The third kappa shape index (κ3) is 5.46. The number of benzene rings is 2. The molecule has 0 saturated carbocycles. The normalized spacial score (nSPS) is 10.6. The van der Waals surface area contributed by atoms with Gasteiger partial charge in [-0.1, -0.05) is 35.5 Å². The lowest BCUT2D eigenvalue weighted by Crippen LogP contribution is -2.33. The van der Waals surface area contributed by atoms with Crippen molar-refractivity contribution in [2.45, 2.75) is 32.4 Å². The van der Waals surface area contributed by atoms with Gasteiger partial charge in [0.15, 0.2) is 0 Å². The maximum atomic E-state index is 12.9. The average molecular weight is 407 g/mol. The van der Waals surface area contributed by atoms with E-state index in [1.165, 1.54) is 11.8 Å². The Labute approximate surface area is 174 Å². The number of hydrogen-bond acceptors (Lipinski definition) is 6. The van der Waals surface area contributed by atoms with Gasteiger partial charge in [0.05, 0.1) is 18.2 Å². The van der Waals surface area contributed by atoms with Gasteiger partial charge in [-0.05, 0) is 56.2 Å². The largest absolute Gasteiger partial charge is 0.411 e. The molecule has 0 aliphatic carbocycles. The van der Waals surface area contributed by atoms with E-state index < -0.39 is 0 Å². The second kappa shape index (κ2) is 9.39. The predicted molar refractivity (Wildman–Crippen MR) is 114 cm³/mol. The van der Waals surface area contributed by atoms with E-state index in [4.69, 9.17) is 9.68 Å². The summed E-state index contributed by atoms with van der Waals surface area (Å²) in [5.41, 5.74) is 4.90. The van der Waals surface area contributed by atoms with E-state index in [-0.39, 0.29) is 18.1 Å². The molecule has 148 valence electrons. The molecule has 7 heteroatoms. The Morgan fingerprint density at radius 2 is 1.86 bits per heavy atom. The van der Waals surface area contributed by atoms with Gasteiger partial charge in [0.1, 0.15) is 0 Å². The number of nitriles is 1. The number of carbonyl (C=O) groups excluding carboxylic acids is 1. The van der Waals surface area contributed by atoms with Crippen molar-refractivity contribution in [2.24, 2.45) is 0 Å². The quantitative estimate of drug-likeness (QED) is 0.529. The summed E-state index contributed by atoms with van der Waals surface area (Å²) in [7, 11) is 0. The Balaban J connectivity index is 1.71. The molecule has 2 aromatic carbocycles. The highest BCUT2D eigenvalue weighted by atomic mass is 32.2. The number of aryl methyl sites for hydroxylation is 3. The molecule has 0 fully saturated rings. The van der Waals surface area contributed by atoms with Gasteiger partial charge in [-0.2, -0.15) is 5.26 Å². The van der Waals surface area contributed by atoms with Crippen LogP contribution in [0.25, 0.3) is 11.5 Å². The van der Waals surface area contributed by atoms with Crippen LogP contribution in [0.15, 0.2) is 52.1 Å². The molecule has 0 aliphatic rings. The van der Waals surface area contributed by atoms with E-state index in [1.54, 1.807) is 4.90 Å². The van der Waals surface area contributed by atoms with Gasteiger partial charge in [-0.15, -0.1) is 10.2 Å². The molecule has 0 spiro atoms. The van der Waals surface area contributed by atoms with E-state index in [2.05, 4.69) is 22.3 Å². The predicted octanol–water partition coefficient (Wildman–Crippen LogP) is 4.70. The van der Waals surface area contributed by atoms with Crippen molar-refractivity contribution >= 4 is 23.4 Å². The Kier molecular flexibility index (Phi) is 6.68. The summed E-state index contributed by atoms with van der Waals surface area (Å²) >= 11 is 1.20. The molecule has 0 radical (unpaired) electrons. The Morgan fingerprint density at radius 3 is 2.55 bits per heavy atom. The van der Waals surface area contributed by atoms with Gasteiger partial charge >= 0.3 is 0 Å². The summed E-state index contributed by atoms with van der Waals surface area (Å²) in [4.78, 5) is 14.5. The number of anilines is 1. The van der Waals surface area contributed by atoms with Crippen LogP contribution < -0.4 is 4.90 Å². The van der Waals surface area contributed by atoms with Crippen molar-refractivity contribution in [3.8, 4) is 17.5 Å². The van der Waals surface area contributed by atoms with Crippen molar-refractivity contribution in [2.75, 3.05) is 17.2 Å². The lowest BCUT2D eigenvalue weighted by Gasteiger charge is -2.22. The molecule has 1 heterocycles. The summed E-state index contributed by atoms with van der Waals surface area (Å²) in [6.45, 7) is 6.32. The van der Waals surface area contributed by atoms with Crippen LogP contribution in [-0.4, -0.2) is 28.4 Å². The van der Waals surface area contributed by atoms with Crippen molar-refractivity contribution in [1.29, 1.82) is 5.26 Å². The van der Waals surface area contributed by atoms with Crippen LogP contribution in [0.1, 0.15) is 23.1 Å². The van der Waals surface area contributed by atoms with Crippen molar-refractivity contribution in [3.63, 3.8) is 0 Å². The van der Waals surface area contributed by atoms with Crippen molar-refractivity contribution in [3.05, 3.63) is 59.2 Å². The van der Waals surface area contributed by atoms with Crippen molar-refractivity contribution in [1.82, 2.24) is 10.2 Å². The maximum absolute atomic E-state index is 12.9. The standard InChI is InChI=1S/C22H22N4O2S/c1-15-6-4-7-18(11-15)21-24-25-22(28-21)29-14-20(27)26(9-5-8-23)19-12-16(2)10-17(3)13-19/h4,6-7,10-13H,5,9,14H2,1-3H3. The Bertz CT molecular complexity index is 1030. The number of hydrogen-bond donors (Lipinski definition) is 0. The number of aromatic nitrogens is 2. The second-order valence-corrected chi connectivity index (χ2v) is 7.76. The number of thioether (sulfide) groups is 1. The maximum Gasteiger partial charge on any atom is 0.277 e. The first-order valence-corrected chi connectivity index (χ1v) is 10.2. The molecule has 0 saturated heterocycles. The number of carbonyl (C=O) groups is 1. The van der Waals surface area contributed by atoms with Gasteiger partial charge in [0.2, 0.25) is 11.8 Å². The first kappa shape index (κ1) is 20.6. The monoisotopic (exact) mass is 406 g/mol. The molecule has 3 aromatic rings. The molecule has 3 rings (SSSR count). The minimum absolute atomic E-state index is 0.106. The zero-order valence-corrected chi connectivity index (χ0v) is 17.5. The third-order valence-corrected chi connectivity index (χ3v) is 5.06. The summed E-state index contributed by atoms with van der Waals surface area (Å²) in [6, 6.07) is 15.9. The highest BCUT2D eigenvalue weighted by Gasteiger charge is 2.18. The van der Waals surface area contributed by atoms with Gasteiger partial charge in [-0.3, -0.25) is 4.79 Å². The van der Waals surface area contributed by atoms with Crippen LogP contribution in [-0.2, 0) is 4.79 Å². The van der Waals surface area contributed by atoms with Gasteiger partial charge in [0.25, 0.3) is 5.22 Å². The summed E-state index contributed by atoms with van der Waals surface area (Å²) in [6.07, 6.45) is 0.265. The minimum Gasteiger partial charge on any atom is -0.411 e. The lowest BCUT2D eigenvalue weighted by atomic mass is 10.1. The van der Waals surface area contributed by atoms with E-state index >= 15 is 0 Å². The van der Waals surface area contributed by atoms with Crippen LogP contribution in [0, 0.1) is 32.1 Å². The van der Waals surface area contributed by atoms with E-state index in [0.29, 0.717) is 17.7 Å². The SMILES string of the molecule is Cc1cccc(-c2nnc(SCC(=O)N(CCC#N)c3cc(C)cc(C)c3)o2)c1. The van der Waals surface area contributed by atoms with E-state index in [9.17, 15) is 4.79 Å². The van der Waals surface area contributed by atoms with Gasteiger partial charge in [-0.25, -0.2) is 0 Å². The Hall–Kier alpha value is -3.11. The minimum atomic E-state index is -0.106. The molecule has 0 N–H and O–H groups in total. The summed E-state index contributed by atoms with van der Waals surface area (Å²) in [5, 5.41) is 17.4. The second-order valence-electron chi connectivity index (χ2n) is 6.83. The lowest BCUT2D eigenvalue weighted by molar-refractivity contribution is -0.116. The summed E-state index contributed by atoms with van der Waals surface area (Å²) in [5.74, 6) is 0.471. The molecule has 0 bridgehead atoms. The molecule has 6 nitrogen and oxygen atoms in total. The smallest absolute Gasteiger partial charge is 0.277 e. The fourth-order valence-electron chi connectivity index (χ4n) is 3.03. The molecule has 29 heavy (non-hydrogen) atoms. The molecular formula is C22H22N4O2S. The third-order valence-electron chi connectivity index (χ3n) is 4.26. The molecule has 0 unspecified atom stereocenters. The van der Waals surface area contributed by atoms with Gasteiger partial charge < -0.3 is 9.32 Å². The fourth-order valence-corrected chi connectivity index (χ4v) is 3.67. The number of amides is 1. The first-order chi connectivity index (χ1) is 14.0. The topological polar surface area (TPSA) is 83.0 Å². The van der Waals surface area contributed by atoms with Crippen LogP contribution in [0.2, 0.25) is 0 Å². The zero-order chi connectivity index (χ0) is 20.8. The molecule has 0 aliphatic heterocycles. The first-order valence-electron chi connectivity index (χ1n) is 9.25. The molecule has 0 atom stereocenters. The van der Waals surface area contributed by atoms with Gasteiger partial charge in [0, 0.05) is 17.8 Å². The Morgan fingerprint density at radius 1 is 1.10 bits per heavy atom. The average Bonchev–Trinajstić information content (AvgIpc) is 3.15. The van der Waals surface area contributed by atoms with Crippen LogP contribution in [0.5, 0.6) is 0 Å². The highest BCUT2D eigenvalue weighted by Crippen LogP contribution is 2.25. The van der Waals surface area contributed by atoms with E-state index in [1.807, 2.05) is 57.2 Å². The fraction of sp³-hybridized carbons (Fsp3) is 0.273. The van der Waals surface area contributed by atoms with Crippen molar-refractivity contribution < 1.29 is 9.21 Å². The van der Waals surface area contributed by atoms with Crippen LogP contribution in [0.3, 0.4) is 0 Å². The molecule has 1 amide bonds. The molecular weight excluding hydrogens is 384 g/mol. The van der Waals surface area contributed by atoms with Crippen LogP contribution >= 0.6 is 11.8 Å². The van der Waals surface area contributed by atoms with E-state index in [0.717, 1.165) is 27.9 Å². The highest BCUT2D eigenvalue weighted by molar-refractivity contribution is 7.99. The number of rotatable bonds is 7.